The monoisotopic (exact) mass is 285 g/mol. The van der Waals surface area contributed by atoms with Gasteiger partial charge in [-0.15, -0.1) is 0 Å². The average Bonchev–Trinajstić information content (AvgIpc) is 2.26. The highest BCUT2D eigenvalue weighted by Crippen LogP contribution is 2.24. The maximum atomic E-state index is 12.1. The van der Waals surface area contributed by atoms with E-state index in [1.807, 2.05) is 0 Å². The van der Waals surface area contributed by atoms with Crippen LogP contribution in [0.1, 0.15) is 41.0 Å². The molecule has 1 atom stereocenters. The summed E-state index contributed by atoms with van der Waals surface area (Å²) in [6, 6.07) is -0.233. The second-order valence-corrected chi connectivity index (χ2v) is 5.81. The molecular weight excluding hydrogens is 262 g/mol. The number of aliphatic hydroxyl groups excluding tert-OH is 1. The number of amides is 1. The first-order chi connectivity index (χ1) is 9.15. The van der Waals surface area contributed by atoms with Crippen LogP contribution in [-0.2, 0) is 14.3 Å². The Kier molecular flexibility index (Phi) is 5.03. The quantitative estimate of drug-likeness (QED) is 0.788. The molecule has 0 aromatic carbocycles. The highest BCUT2D eigenvalue weighted by molar-refractivity contribution is 5.90. The van der Waals surface area contributed by atoms with Crippen molar-refractivity contribution in [1.82, 2.24) is 4.90 Å². The summed E-state index contributed by atoms with van der Waals surface area (Å²) in [6.07, 6.45) is -0.285. The predicted octanol–water partition coefficient (Wildman–Crippen LogP) is 2.39. The normalized spacial score (nSPS) is 19.9. The molecule has 1 heterocycles. The van der Waals surface area contributed by atoms with Gasteiger partial charge in [-0.05, 0) is 34.6 Å². The third kappa shape index (κ3) is 4.15. The first-order valence-electron chi connectivity index (χ1n) is 6.73. The summed E-state index contributed by atoms with van der Waals surface area (Å²) in [5.74, 6) is -0.610. The summed E-state index contributed by atoms with van der Waals surface area (Å²) in [7, 11) is 0. The molecule has 0 aromatic rings. The van der Waals surface area contributed by atoms with E-state index in [1.54, 1.807) is 34.6 Å². The van der Waals surface area contributed by atoms with E-state index < -0.39 is 17.7 Å². The van der Waals surface area contributed by atoms with Crippen LogP contribution < -0.4 is 0 Å². The minimum atomic E-state index is -0.607. The lowest BCUT2D eigenvalue weighted by atomic mass is 10.0. The smallest absolute Gasteiger partial charge is 0.410 e. The number of aliphatic hydroxyl groups is 1. The first kappa shape index (κ1) is 16.3. The Balaban J connectivity index is 2.86. The van der Waals surface area contributed by atoms with Gasteiger partial charge in [0, 0.05) is 12.5 Å². The molecule has 20 heavy (non-hydrogen) atoms. The van der Waals surface area contributed by atoms with Gasteiger partial charge in [0.1, 0.15) is 11.4 Å². The van der Waals surface area contributed by atoms with Crippen molar-refractivity contribution in [2.24, 2.45) is 0 Å². The number of carbonyl (C=O) groups excluding carboxylic acids is 2. The van der Waals surface area contributed by atoms with Crippen LogP contribution in [-0.4, -0.2) is 46.9 Å². The Morgan fingerprint density at radius 1 is 1.40 bits per heavy atom. The van der Waals surface area contributed by atoms with Gasteiger partial charge < -0.3 is 19.5 Å². The number of hydrogen-bond donors (Lipinski definition) is 1. The second-order valence-electron chi connectivity index (χ2n) is 5.81. The van der Waals surface area contributed by atoms with Crippen LogP contribution >= 0.6 is 0 Å². The van der Waals surface area contributed by atoms with Gasteiger partial charge in [-0.3, -0.25) is 0 Å². The van der Waals surface area contributed by atoms with Crippen LogP contribution in [0.2, 0.25) is 0 Å². The van der Waals surface area contributed by atoms with Gasteiger partial charge in [-0.25, -0.2) is 9.59 Å². The zero-order valence-corrected chi connectivity index (χ0v) is 12.7. The van der Waals surface area contributed by atoms with E-state index in [0.29, 0.717) is 0 Å². The summed E-state index contributed by atoms with van der Waals surface area (Å²) in [5.41, 5.74) is -0.486. The molecule has 6 heteroatoms. The van der Waals surface area contributed by atoms with E-state index in [4.69, 9.17) is 9.47 Å². The van der Waals surface area contributed by atoms with Gasteiger partial charge in [0.05, 0.1) is 18.7 Å². The lowest BCUT2D eigenvalue weighted by molar-refractivity contribution is -0.139. The molecule has 1 N–H and O–H groups in total. The molecule has 1 aliphatic heterocycles. The van der Waals surface area contributed by atoms with Crippen molar-refractivity contribution in [1.29, 1.82) is 0 Å². The van der Waals surface area contributed by atoms with E-state index in [-0.39, 0.29) is 36.9 Å². The fourth-order valence-corrected chi connectivity index (χ4v) is 1.90. The fraction of sp³-hybridized carbons (Fsp3) is 0.714. The molecule has 1 rings (SSSR count). The van der Waals surface area contributed by atoms with Crippen LogP contribution in [0.3, 0.4) is 0 Å². The van der Waals surface area contributed by atoms with Crippen molar-refractivity contribution in [2.45, 2.75) is 52.7 Å². The van der Waals surface area contributed by atoms with Crippen molar-refractivity contribution in [3.63, 3.8) is 0 Å². The Hall–Kier alpha value is -1.72. The number of carbonyl (C=O) groups is 2. The summed E-state index contributed by atoms with van der Waals surface area (Å²) in [6.45, 7) is 9.03. The lowest BCUT2D eigenvalue weighted by Crippen LogP contribution is -2.46. The highest BCUT2D eigenvalue weighted by atomic mass is 16.6. The molecule has 114 valence electrons. The van der Waals surface area contributed by atoms with Gasteiger partial charge in [0.25, 0.3) is 0 Å². The summed E-state index contributed by atoms with van der Waals surface area (Å²) in [5, 5.41) is 9.87. The Morgan fingerprint density at radius 3 is 2.50 bits per heavy atom. The molecule has 1 aliphatic rings. The van der Waals surface area contributed by atoms with Crippen LogP contribution in [0.25, 0.3) is 0 Å². The van der Waals surface area contributed by atoms with Crippen LogP contribution in [0, 0.1) is 0 Å². The van der Waals surface area contributed by atoms with Gasteiger partial charge in [-0.2, -0.15) is 0 Å². The minimum absolute atomic E-state index is 0.000741. The molecule has 1 amide bonds. The lowest BCUT2D eigenvalue weighted by Gasteiger charge is -2.35. The topological polar surface area (TPSA) is 76.1 Å². The summed E-state index contributed by atoms with van der Waals surface area (Å²) < 4.78 is 10.2. The van der Waals surface area contributed by atoms with E-state index in [9.17, 15) is 14.7 Å². The van der Waals surface area contributed by atoms with Crippen molar-refractivity contribution in [2.75, 3.05) is 13.2 Å². The minimum Gasteiger partial charge on any atom is -0.512 e. The standard InChI is InChI=1S/C14H23NO5/c1-6-19-12(17)10-8-15(9(2)7-11(10)16)13(18)20-14(3,4)5/h9,16H,6-8H2,1-5H3. The second kappa shape index (κ2) is 6.15. The third-order valence-corrected chi connectivity index (χ3v) is 2.85. The van der Waals surface area contributed by atoms with Gasteiger partial charge in [-0.1, -0.05) is 0 Å². The van der Waals surface area contributed by atoms with Crippen molar-refractivity contribution >= 4 is 12.1 Å². The van der Waals surface area contributed by atoms with E-state index in [2.05, 4.69) is 0 Å². The molecular formula is C14H23NO5. The Labute approximate surface area is 119 Å². The van der Waals surface area contributed by atoms with Gasteiger partial charge >= 0.3 is 12.1 Å². The number of nitrogens with zero attached hydrogens (tertiary/aromatic N) is 1. The van der Waals surface area contributed by atoms with Crippen LogP contribution in [0.5, 0.6) is 0 Å². The fourth-order valence-electron chi connectivity index (χ4n) is 1.90. The van der Waals surface area contributed by atoms with E-state index in [0.717, 1.165) is 0 Å². The Morgan fingerprint density at radius 2 is 2.00 bits per heavy atom. The number of hydrogen-bond acceptors (Lipinski definition) is 5. The number of esters is 1. The molecule has 0 aliphatic carbocycles. The largest absolute Gasteiger partial charge is 0.512 e. The molecule has 0 saturated carbocycles. The van der Waals surface area contributed by atoms with Crippen LogP contribution in [0.15, 0.2) is 11.3 Å². The SMILES string of the molecule is CCOC(=O)C1=C(O)CC(C)N(C(=O)OC(C)(C)C)C1. The first-order valence-corrected chi connectivity index (χ1v) is 6.73. The molecule has 6 nitrogen and oxygen atoms in total. The predicted molar refractivity (Wildman–Crippen MR) is 73.3 cm³/mol. The van der Waals surface area contributed by atoms with E-state index in [1.165, 1.54) is 4.90 Å². The van der Waals surface area contributed by atoms with Crippen LogP contribution in [0.4, 0.5) is 4.79 Å². The van der Waals surface area contributed by atoms with Gasteiger partial charge in [0.15, 0.2) is 0 Å². The molecule has 1 unspecified atom stereocenters. The highest BCUT2D eigenvalue weighted by Gasteiger charge is 2.34. The van der Waals surface area contributed by atoms with Gasteiger partial charge in [0.2, 0.25) is 0 Å². The summed E-state index contributed by atoms with van der Waals surface area (Å²) >= 11 is 0. The molecule has 0 saturated heterocycles. The van der Waals surface area contributed by atoms with Crippen molar-refractivity contribution < 1.29 is 24.2 Å². The zero-order valence-electron chi connectivity index (χ0n) is 12.7. The zero-order chi connectivity index (χ0) is 15.5. The molecule has 0 fully saturated rings. The Bertz CT molecular complexity index is 422. The van der Waals surface area contributed by atoms with Crippen molar-refractivity contribution in [3.05, 3.63) is 11.3 Å². The maximum Gasteiger partial charge on any atom is 0.410 e. The average molecular weight is 285 g/mol. The molecule has 0 spiro atoms. The molecule has 0 bridgehead atoms. The molecule has 0 radical (unpaired) electrons. The molecule has 0 aromatic heterocycles. The number of rotatable bonds is 2. The van der Waals surface area contributed by atoms with Crippen molar-refractivity contribution in [3.8, 4) is 0 Å². The van der Waals surface area contributed by atoms with E-state index >= 15 is 0 Å². The third-order valence-electron chi connectivity index (χ3n) is 2.85. The maximum absolute atomic E-state index is 12.1. The summed E-state index contributed by atoms with van der Waals surface area (Å²) in [4.78, 5) is 25.3. The number of ether oxygens (including phenoxy) is 2.